The van der Waals surface area contributed by atoms with Crippen molar-refractivity contribution < 1.29 is 4.79 Å². The number of amides is 1. The summed E-state index contributed by atoms with van der Waals surface area (Å²) in [6.45, 7) is 6.78. The average molecular weight is 256 g/mol. The van der Waals surface area contributed by atoms with E-state index in [1.54, 1.807) is 0 Å². The molecule has 0 aromatic heterocycles. The second kappa shape index (κ2) is 12.9. The zero-order chi connectivity index (χ0) is 13.6. The number of hydrogen-bond acceptors (Lipinski definition) is 2. The van der Waals surface area contributed by atoms with Crippen LogP contribution in [0.5, 0.6) is 0 Å². The van der Waals surface area contributed by atoms with E-state index in [0.717, 1.165) is 25.9 Å². The quantitative estimate of drug-likeness (QED) is 0.544. The Balaban J connectivity index is 3.88. The highest BCUT2D eigenvalue weighted by Gasteiger charge is 2.11. The monoisotopic (exact) mass is 256 g/mol. The second-order valence-electron chi connectivity index (χ2n) is 5.03. The minimum absolute atomic E-state index is 0.255. The third-order valence-electron chi connectivity index (χ3n) is 3.24. The molecule has 0 aliphatic carbocycles. The summed E-state index contributed by atoms with van der Waals surface area (Å²) in [4.78, 5) is 14.0. The lowest BCUT2D eigenvalue weighted by Gasteiger charge is -2.22. The summed E-state index contributed by atoms with van der Waals surface area (Å²) >= 11 is 0. The molecule has 0 bridgehead atoms. The lowest BCUT2D eigenvalue weighted by molar-refractivity contribution is -0.130. The van der Waals surface area contributed by atoms with Gasteiger partial charge in [-0.25, -0.2) is 0 Å². The van der Waals surface area contributed by atoms with E-state index in [4.69, 9.17) is 0 Å². The van der Waals surface area contributed by atoms with Crippen molar-refractivity contribution in [3.05, 3.63) is 0 Å². The summed E-state index contributed by atoms with van der Waals surface area (Å²) in [5.41, 5.74) is 0. The molecular formula is C15H32N2O. The van der Waals surface area contributed by atoms with Crippen molar-refractivity contribution in [3.63, 3.8) is 0 Å². The summed E-state index contributed by atoms with van der Waals surface area (Å²) in [5, 5.41) is 2.96. The summed E-state index contributed by atoms with van der Waals surface area (Å²) in [6, 6.07) is 0. The SMILES string of the molecule is CCCCCCN(CCCCCC)C(=O)CNC. The number of nitrogens with one attached hydrogen (secondary N) is 1. The van der Waals surface area contributed by atoms with Crippen LogP contribution in [0.4, 0.5) is 0 Å². The first kappa shape index (κ1) is 17.4. The van der Waals surface area contributed by atoms with E-state index >= 15 is 0 Å². The lowest BCUT2D eigenvalue weighted by atomic mass is 10.1. The van der Waals surface area contributed by atoms with Gasteiger partial charge in [-0.15, -0.1) is 0 Å². The molecule has 0 saturated heterocycles. The van der Waals surface area contributed by atoms with Gasteiger partial charge in [0.25, 0.3) is 0 Å². The first-order valence-electron chi connectivity index (χ1n) is 7.68. The van der Waals surface area contributed by atoms with Gasteiger partial charge in [0, 0.05) is 13.1 Å². The Kier molecular flexibility index (Phi) is 12.5. The Hall–Kier alpha value is -0.570. The smallest absolute Gasteiger partial charge is 0.236 e. The standard InChI is InChI=1S/C15H32N2O/c1-4-6-8-10-12-17(15(18)14-16-3)13-11-9-7-5-2/h16H,4-14H2,1-3H3. The minimum atomic E-state index is 0.255. The molecule has 0 fully saturated rings. The fraction of sp³-hybridized carbons (Fsp3) is 0.933. The molecule has 0 radical (unpaired) electrons. The first-order valence-corrected chi connectivity index (χ1v) is 7.68. The van der Waals surface area contributed by atoms with E-state index < -0.39 is 0 Å². The molecule has 3 nitrogen and oxygen atoms in total. The molecule has 0 spiro atoms. The van der Waals surface area contributed by atoms with E-state index in [9.17, 15) is 4.79 Å². The number of carbonyl (C=O) groups excluding carboxylic acids is 1. The number of nitrogens with zero attached hydrogens (tertiary/aromatic N) is 1. The Morgan fingerprint density at radius 2 is 1.39 bits per heavy atom. The highest BCUT2D eigenvalue weighted by Crippen LogP contribution is 2.05. The molecule has 18 heavy (non-hydrogen) atoms. The van der Waals surface area contributed by atoms with Gasteiger partial charge < -0.3 is 10.2 Å². The predicted octanol–water partition coefficient (Wildman–Crippen LogP) is 3.20. The van der Waals surface area contributed by atoms with Gasteiger partial charge >= 0.3 is 0 Å². The van der Waals surface area contributed by atoms with Gasteiger partial charge in [-0.2, -0.15) is 0 Å². The van der Waals surface area contributed by atoms with Gasteiger partial charge in [0.05, 0.1) is 6.54 Å². The maximum absolute atomic E-state index is 11.9. The van der Waals surface area contributed by atoms with Crippen molar-refractivity contribution in [1.29, 1.82) is 0 Å². The topological polar surface area (TPSA) is 32.3 Å². The van der Waals surface area contributed by atoms with Gasteiger partial charge in [-0.05, 0) is 19.9 Å². The Morgan fingerprint density at radius 1 is 0.889 bits per heavy atom. The summed E-state index contributed by atoms with van der Waals surface area (Å²) in [5.74, 6) is 0.255. The van der Waals surface area contributed by atoms with Gasteiger partial charge in [0.15, 0.2) is 0 Å². The van der Waals surface area contributed by atoms with Crippen molar-refractivity contribution in [3.8, 4) is 0 Å². The molecule has 3 heteroatoms. The van der Waals surface area contributed by atoms with Crippen molar-refractivity contribution >= 4 is 5.91 Å². The zero-order valence-electron chi connectivity index (χ0n) is 12.6. The third-order valence-corrected chi connectivity index (χ3v) is 3.24. The van der Waals surface area contributed by atoms with Crippen LogP contribution in [0, 0.1) is 0 Å². The van der Waals surface area contributed by atoms with Crippen LogP contribution in [0.1, 0.15) is 65.2 Å². The van der Waals surface area contributed by atoms with E-state index in [0.29, 0.717) is 6.54 Å². The molecule has 0 aliphatic rings. The molecule has 1 N–H and O–H groups in total. The first-order chi connectivity index (χ1) is 8.76. The normalized spacial score (nSPS) is 10.6. The Labute approximate surface area is 113 Å². The molecule has 0 unspecified atom stereocenters. The van der Waals surface area contributed by atoms with Crippen LogP contribution in [0.3, 0.4) is 0 Å². The number of rotatable bonds is 12. The maximum Gasteiger partial charge on any atom is 0.236 e. The minimum Gasteiger partial charge on any atom is -0.342 e. The zero-order valence-corrected chi connectivity index (χ0v) is 12.6. The molecule has 1 amide bonds. The van der Waals surface area contributed by atoms with E-state index in [2.05, 4.69) is 19.2 Å². The van der Waals surface area contributed by atoms with Crippen molar-refractivity contribution in [2.75, 3.05) is 26.7 Å². The Morgan fingerprint density at radius 3 is 1.78 bits per heavy atom. The fourth-order valence-electron chi connectivity index (χ4n) is 2.08. The van der Waals surface area contributed by atoms with Crippen LogP contribution in [-0.4, -0.2) is 37.5 Å². The van der Waals surface area contributed by atoms with Gasteiger partial charge in [0.2, 0.25) is 5.91 Å². The van der Waals surface area contributed by atoms with Crippen LogP contribution in [0.2, 0.25) is 0 Å². The van der Waals surface area contributed by atoms with Crippen LogP contribution < -0.4 is 5.32 Å². The molecule has 0 rings (SSSR count). The molecule has 0 aromatic carbocycles. The van der Waals surface area contributed by atoms with E-state index in [1.807, 2.05) is 11.9 Å². The average Bonchev–Trinajstić information content (AvgIpc) is 2.37. The summed E-state index contributed by atoms with van der Waals surface area (Å²) < 4.78 is 0. The number of hydrogen-bond donors (Lipinski definition) is 1. The second-order valence-corrected chi connectivity index (χ2v) is 5.03. The summed E-state index contributed by atoms with van der Waals surface area (Å²) in [6.07, 6.45) is 9.85. The molecule has 0 aromatic rings. The van der Waals surface area contributed by atoms with Gasteiger partial charge in [-0.3, -0.25) is 4.79 Å². The van der Waals surface area contributed by atoms with E-state index in [-0.39, 0.29) is 5.91 Å². The number of likely N-dealkylation sites (N-methyl/N-ethyl adjacent to an activating group) is 1. The van der Waals surface area contributed by atoms with Crippen LogP contribution in [0.25, 0.3) is 0 Å². The number of unbranched alkanes of at least 4 members (excludes halogenated alkanes) is 6. The molecule has 0 aliphatic heterocycles. The summed E-state index contributed by atoms with van der Waals surface area (Å²) in [7, 11) is 1.84. The van der Waals surface area contributed by atoms with Gasteiger partial charge in [0.1, 0.15) is 0 Å². The fourth-order valence-corrected chi connectivity index (χ4v) is 2.08. The molecule has 0 heterocycles. The van der Waals surface area contributed by atoms with E-state index in [1.165, 1.54) is 38.5 Å². The van der Waals surface area contributed by atoms with Crippen molar-refractivity contribution in [2.45, 2.75) is 65.2 Å². The predicted molar refractivity (Wildman–Crippen MR) is 78.8 cm³/mol. The maximum atomic E-state index is 11.9. The van der Waals surface area contributed by atoms with Crippen LogP contribution in [0.15, 0.2) is 0 Å². The highest BCUT2D eigenvalue weighted by molar-refractivity contribution is 5.78. The van der Waals surface area contributed by atoms with Crippen LogP contribution >= 0.6 is 0 Å². The van der Waals surface area contributed by atoms with Crippen molar-refractivity contribution in [1.82, 2.24) is 10.2 Å². The highest BCUT2D eigenvalue weighted by atomic mass is 16.2. The number of carbonyl (C=O) groups is 1. The largest absolute Gasteiger partial charge is 0.342 e. The third kappa shape index (κ3) is 9.46. The molecular weight excluding hydrogens is 224 g/mol. The molecule has 0 saturated carbocycles. The van der Waals surface area contributed by atoms with Crippen molar-refractivity contribution in [2.24, 2.45) is 0 Å². The van der Waals surface area contributed by atoms with Gasteiger partial charge in [-0.1, -0.05) is 52.4 Å². The van der Waals surface area contributed by atoms with Crippen LogP contribution in [-0.2, 0) is 4.79 Å². The molecule has 108 valence electrons. The Bertz CT molecular complexity index is 183. The molecule has 0 atom stereocenters. The lowest BCUT2D eigenvalue weighted by Crippen LogP contribution is -2.38.